The van der Waals surface area contributed by atoms with Gasteiger partial charge < -0.3 is 9.32 Å². The fourth-order valence-electron chi connectivity index (χ4n) is 2.55. The normalized spacial score (nSPS) is 16.1. The first kappa shape index (κ1) is 13.8. The number of nitrogens with zero attached hydrogens (tertiary/aromatic N) is 2. The van der Waals surface area contributed by atoms with E-state index < -0.39 is 0 Å². The molecule has 3 rings (SSSR count). The van der Waals surface area contributed by atoms with Gasteiger partial charge in [-0.05, 0) is 12.1 Å². The number of amides is 1. The van der Waals surface area contributed by atoms with E-state index in [1.165, 1.54) is 18.6 Å². The molecule has 4 nitrogen and oxygen atoms in total. The van der Waals surface area contributed by atoms with Gasteiger partial charge in [-0.2, -0.15) is 0 Å². The summed E-state index contributed by atoms with van der Waals surface area (Å²) < 4.78 is 18.6. The van der Waals surface area contributed by atoms with E-state index in [-0.39, 0.29) is 11.7 Å². The molecular weight excluding hydrogens is 271 g/mol. The topological polar surface area (TPSA) is 36.7 Å². The van der Waals surface area contributed by atoms with Gasteiger partial charge in [-0.25, -0.2) is 4.39 Å². The van der Waals surface area contributed by atoms with Crippen molar-refractivity contribution in [3.63, 3.8) is 0 Å². The van der Waals surface area contributed by atoms with Crippen molar-refractivity contribution in [3.8, 4) is 0 Å². The lowest BCUT2D eigenvalue weighted by Crippen LogP contribution is -2.48. The van der Waals surface area contributed by atoms with Gasteiger partial charge in [0.25, 0.3) is 5.91 Å². The molecule has 2 heterocycles. The number of hydrogen-bond donors (Lipinski definition) is 0. The average Bonchev–Trinajstić information content (AvgIpc) is 3.04. The largest absolute Gasteiger partial charge is 0.472 e. The molecule has 1 aliphatic heterocycles. The standard InChI is InChI=1S/C16H17FN2O2/c17-15-4-2-1-3-13(15)11-18-6-8-19(9-7-18)16(20)14-5-10-21-12-14/h1-5,10,12H,6-9,11H2. The summed E-state index contributed by atoms with van der Waals surface area (Å²) in [5.41, 5.74) is 1.28. The molecule has 0 radical (unpaired) electrons. The highest BCUT2D eigenvalue weighted by Crippen LogP contribution is 2.13. The quantitative estimate of drug-likeness (QED) is 0.870. The van der Waals surface area contributed by atoms with Crippen molar-refractivity contribution >= 4 is 5.91 Å². The van der Waals surface area contributed by atoms with E-state index in [2.05, 4.69) is 4.90 Å². The van der Waals surface area contributed by atoms with E-state index in [4.69, 9.17) is 4.42 Å². The fourth-order valence-corrected chi connectivity index (χ4v) is 2.55. The first-order valence-electron chi connectivity index (χ1n) is 7.01. The summed E-state index contributed by atoms with van der Waals surface area (Å²) in [6.07, 6.45) is 2.97. The second-order valence-electron chi connectivity index (χ2n) is 5.17. The van der Waals surface area contributed by atoms with E-state index in [0.717, 1.165) is 13.1 Å². The van der Waals surface area contributed by atoms with Gasteiger partial charge in [0.15, 0.2) is 0 Å². The monoisotopic (exact) mass is 288 g/mol. The Labute approximate surface area is 122 Å². The van der Waals surface area contributed by atoms with Gasteiger partial charge in [-0.15, -0.1) is 0 Å². The van der Waals surface area contributed by atoms with E-state index in [1.807, 2.05) is 11.0 Å². The highest BCUT2D eigenvalue weighted by molar-refractivity contribution is 5.93. The predicted octanol–water partition coefficient (Wildman–Crippen LogP) is 2.38. The van der Waals surface area contributed by atoms with Crippen molar-refractivity contribution < 1.29 is 13.6 Å². The van der Waals surface area contributed by atoms with Crippen LogP contribution in [0.2, 0.25) is 0 Å². The lowest BCUT2D eigenvalue weighted by Gasteiger charge is -2.34. The zero-order chi connectivity index (χ0) is 14.7. The van der Waals surface area contributed by atoms with E-state index in [9.17, 15) is 9.18 Å². The van der Waals surface area contributed by atoms with Crippen LogP contribution in [0.1, 0.15) is 15.9 Å². The first-order chi connectivity index (χ1) is 10.2. The van der Waals surface area contributed by atoms with Crippen LogP contribution >= 0.6 is 0 Å². The summed E-state index contributed by atoms with van der Waals surface area (Å²) in [6.45, 7) is 3.38. The lowest BCUT2D eigenvalue weighted by atomic mass is 10.2. The molecule has 1 fully saturated rings. The summed E-state index contributed by atoms with van der Waals surface area (Å²) >= 11 is 0. The molecule has 110 valence electrons. The number of carbonyl (C=O) groups is 1. The van der Waals surface area contributed by atoms with Crippen molar-refractivity contribution in [2.45, 2.75) is 6.54 Å². The number of rotatable bonds is 3. The number of hydrogen-bond acceptors (Lipinski definition) is 3. The van der Waals surface area contributed by atoms with Crippen LogP contribution in [0.25, 0.3) is 0 Å². The molecule has 1 saturated heterocycles. The number of carbonyl (C=O) groups excluding carboxylic acids is 1. The number of furan rings is 1. The Morgan fingerprint density at radius 1 is 1.14 bits per heavy atom. The molecule has 0 aliphatic carbocycles. The molecule has 0 atom stereocenters. The van der Waals surface area contributed by atoms with Crippen LogP contribution in [0.5, 0.6) is 0 Å². The molecule has 0 spiro atoms. The smallest absolute Gasteiger partial charge is 0.257 e. The molecule has 1 aliphatic rings. The van der Waals surface area contributed by atoms with Gasteiger partial charge in [0.2, 0.25) is 0 Å². The van der Waals surface area contributed by atoms with E-state index in [1.54, 1.807) is 18.2 Å². The molecule has 2 aromatic rings. The SMILES string of the molecule is O=C(c1ccoc1)N1CCN(Cc2ccccc2F)CC1. The second-order valence-corrected chi connectivity index (χ2v) is 5.17. The molecule has 1 amide bonds. The predicted molar refractivity (Wildman–Crippen MR) is 76.3 cm³/mol. The Morgan fingerprint density at radius 2 is 1.90 bits per heavy atom. The zero-order valence-corrected chi connectivity index (χ0v) is 11.7. The van der Waals surface area contributed by atoms with Gasteiger partial charge in [0, 0.05) is 38.3 Å². The molecule has 0 saturated carbocycles. The van der Waals surface area contributed by atoms with E-state index >= 15 is 0 Å². The Balaban J connectivity index is 1.56. The highest BCUT2D eigenvalue weighted by Gasteiger charge is 2.23. The molecule has 5 heteroatoms. The molecular formula is C16H17FN2O2. The van der Waals surface area contributed by atoms with Gasteiger partial charge in [-0.3, -0.25) is 9.69 Å². The highest BCUT2D eigenvalue weighted by atomic mass is 19.1. The molecule has 0 unspecified atom stereocenters. The molecule has 0 bridgehead atoms. The van der Waals surface area contributed by atoms with Gasteiger partial charge >= 0.3 is 0 Å². The summed E-state index contributed by atoms with van der Waals surface area (Å²) in [5.74, 6) is -0.177. The van der Waals surface area contributed by atoms with Crippen LogP contribution in [0.4, 0.5) is 4.39 Å². The Hall–Kier alpha value is -2.14. The molecule has 0 N–H and O–H groups in total. The maximum absolute atomic E-state index is 13.6. The summed E-state index contributed by atoms with van der Waals surface area (Å²) in [5, 5.41) is 0. The van der Waals surface area contributed by atoms with Crippen molar-refractivity contribution in [2.24, 2.45) is 0 Å². The Bertz CT molecular complexity index is 604. The van der Waals surface area contributed by atoms with Crippen LogP contribution in [0.3, 0.4) is 0 Å². The molecule has 1 aromatic carbocycles. The van der Waals surface area contributed by atoms with Crippen LogP contribution in [-0.2, 0) is 6.54 Å². The summed E-state index contributed by atoms with van der Waals surface area (Å²) in [6, 6.07) is 8.50. The third-order valence-electron chi connectivity index (χ3n) is 3.78. The Kier molecular flexibility index (Phi) is 4.01. The Morgan fingerprint density at radius 3 is 2.57 bits per heavy atom. The van der Waals surface area contributed by atoms with Gasteiger partial charge in [0.05, 0.1) is 11.8 Å². The third-order valence-corrected chi connectivity index (χ3v) is 3.78. The van der Waals surface area contributed by atoms with Crippen molar-refractivity contribution in [1.29, 1.82) is 0 Å². The second kappa shape index (κ2) is 6.10. The van der Waals surface area contributed by atoms with Crippen LogP contribution in [0, 0.1) is 5.82 Å². The van der Waals surface area contributed by atoms with Crippen LogP contribution < -0.4 is 0 Å². The minimum atomic E-state index is -0.172. The average molecular weight is 288 g/mol. The van der Waals surface area contributed by atoms with Gasteiger partial charge in [-0.1, -0.05) is 18.2 Å². The number of halogens is 1. The maximum atomic E-state index is 13.6. The minimum Gasteiger partial charge on any atom is -0.472 e. The van der Waals surface area contributed by atoms with E-state index in [0.29, 0.717) is 30.8 Å². The zero-order valence-electron chi connectivity index (χ0n) is 11.7. The molecule has 1 aromatic heterocycles. The first-order valence-corrected chi connectivity index (χ1v) is 7.01. The number of benzene rings is 1. The summed E-state index contributed by atoms with van der Waals surface area (Å²) in [4.78, 5) is 16.1. The summed E-state index contributed by atoms with van der Waals surface area (Å²) in [7, 11) is 0. The third kappa shape index (κ3) is 3.13. The molecule has 21 heavy (non-hydrogen) atoms. The van der Waals surface area contributed by atoms with Crippen molar-refractivity contribution in [3.05, 3.63) is 59.8 Å². The maximum Gasteiger partial charge on any atom is 0.257 e. The van der Waals surface area contributed by atoms with Crippen LogP contribution in [0.15, 0.2) is 47.3 Å². The van der Waals surface area contributed by atoms with Crippen molar-refractivity contribution in [2.75, 3.05) is 26.2 Å². The van der Waals surface area contributed by atoms with Crippen molar-refractivity contribution in [1.82, 2.24) is 9.80 Å². The van der Waals surface area contributed by atoms with Crippen LogP contribution in [-0.4, -0.2) is 41.9 Å². The fraction of sp³-hybridized carbons (Fsp3) is 0.312. The lowest BCUT2D eigenvalue weighted by molar-refractivity contribution is 0.0626. The number of piperazine rings is 1. The minimum absolute atomic E-state index is 0.00529. The van der Waals surface area contributed by atoms with Gasteiger partial charge in [0.1, 0.15) is 12.1 Å².